The van der Waals surface area contributed by atoms with Gasteiger partial charge in [-0.3, -0.25) is 14.2 Å². The van der Waals surface area contributed by atoms with Crippen LogP contribution in [0.3, 0.4) is 0 Å². The second kappa shape index (κ2) is 13.1. The predicted octanol–water partition coefficient (Wildman–Crippen LogP) is 5.84. The number of carbonyl (C=O) groups excluding carboxylic acids is 3. The maximum Gasteiger partial charge on any atom is 0.342 e. The van der Waals surface area contributed by atoms with E-state index in [1.807, 2.05) is 13.0 Å². The van der Waals surface area contributed by atoms with Gasteiger partial charge in [-0.1, -0.05) is 38.2 Å². The molecule has 1 heterocycles. The van der Waals surface area contributed by atoms with E-state index in [0.717, 1.165) is 34.7 Å². The van der Waals surface area contributed by atoms with E-state index < -0.39 is 15.7 Å². The van der Waals surface area contributed by atoms with Gasteiger partial charge in [-0.15, -0.1) is 0 Å². The Hall–Kier alpha value is -2.06. The van der Waals surface area contributed by atoms with Gasteiger partial charge in [0.15, 0.2) is 11.6 Å². The third-order valence-corrected chi connectivity index (χ3v) is 9.74. The fourth-order valence-electron chi connectivity index (χ4n) is 4.09. The van der Waals surface area contributed by atoms with Crippen molar-refractivity contribution in [3.63, 3.8) is 0 Å². The first-order chi connectivity index (χ1) is 17.2. The van der Waals surface area contributed by atoms with Crippen molar-refractivity contribution in [3.05, 3.63) is 39.5 Å². The lowest BCUT2D eigenvalue weighted by Crippen LogP contribution is -2.23. The molecule has 0 saturated heterocycles. The highest BCUT2D eigenvalue weighted by molar-refractivity contribution is 7.54. The maximum atomic E-state index is 13.2. The van der Waals surface area contributed by atoms with Gasteiger partial charge in [0.25, 0.3) is 0 Å². The Morgan fingerprint density at radius 3 is 2.16 bits per heavy atom. The van der Waals surface area contributed by atoms with Gasteiger partial charge in [0.05, 0.1) is 12.8 Å². The number of ether oxygens (including phenoxy) is 2. The van der Waals surface area contributed by atoms with Crippen molar-refractivity contribution in [2.45, 2.75) is 79.8 Å². The first kappa shape index (κ1) is 31.2. The minimum atomic E-state index is -3.71. The first-order valence-corrected chi connectivity index (χ1v) is 18.1. The zero-order chi connectivity index (χ0) is 28.0. The average molecular weight is 553 g/mol. The SMILES string of the molecule is CCc1c(C)c2c(c(OCC[Si](C)(C)C)c1CC=C(C)CP(=O)(OCC(C)=O)OCC(C)=O)C(=O)OC2. The van der Waals surface area contributed by atoms with Gasteiger partial charge in [0.1, 0.15) is 31.1 Å². The van der Waals surface area contributed by atoms with Crippen LogP contribution in [0.4, 0.5) is 0 Å². The number of esters is 1. The first-order valence-electron chi connectivity index (χ1n) is 12.7. The second-order valence-corrected chi connectivity index (χ2v) is 18.5. The van der Waals surface area contributed by atoms with Gasteiger partial charge in [-0.05, 0) is 57.7 Å². The molecule has 0 fully saturated rings. The molecule has 0 spiro atoms. The molecule has 0 aliphatic carbocycles. The molecule has 1 aromatic rings. The van der Waals surface area contributed by atoms with Gasteiger partial charge in [-0.25, -0.2) is 4.79 Å². The van der Waals surface area contributed by atoms with Crippen LogP contribution in [-0.2, 0) is 47.4 Å². The molecule has 0 atom stereocenters. The summed E-state index contributed by atoms with van der Waals surface area (Å²) < 4.78 is 35.6. The van der Waals surface area contributed by atoms with Gasteiger partial charge in [0.2, 0.25) is 0 Å². The van der Waals surface area contributed by atoms with Crippen molar-refractivity contribution < 1.29 is 37.5 Å². The molecule has 0 N–H and O–H groups in total. The van der Waals surface area contributed by atoms with Crippen molar-refractivity contribution >= 4 is 33.2 Å². The van der Waals surface area contributed by atoms with E-state index in [-0.39, 0.29) is 43.5 Å². The van der Waals surface area contributed by atoms with Crippen LogP contribution in [-0.4, -0.2) is 51.6 Å². The van der Waals surface area contributed by atoms with Crippen LogP contribution in [0.1, 0.15) is 60.3 Å². The number of cyclic esters (lactones) is 1. The molecular weight excluding hydrogens is 511 g/mol. The molecule has 2 rings (SSSR count). The second-order valence-electron chi connectivity index (χ2n) is 10.8. The number of Topliss-reactive ketones (excluding diaryl/α,β-unsaturated/α-hetero) is 2. The van der Waals surface area contributed by atoms with Crippen LogP contribution >= 0.6 is 7.60 Å². The van der Waals surface area contributed by atoms with E-state index in [1.165, 1.54) is 13.8 Å². The third kappa shape index (κ3) is 9.02. The molecule has 1 aliphatic heterocycles. The lowest BCUT2D eigenvalue weighted by molar-refractivity contribution is -0.119. The summed E-state index contributed by atoms with van der Waals surface area (Å²) in [6.07, 6.45) is 3.04. The molecule has 0 saturated carbocycles. The van der Waals surface area contributed by atoms with E-state index in [2.05, 4.69) is 26.6 Å². The number of fused-ring (bicyclic) bond motifs is 1. The fourth-order valence-corrected chi connectivity index (χ4v) is 6.56. The Labute approximate surface area is 221 Å². The van der Waals surface area contributed by atoms with Crippen LogP contribution in [0.15, 0.2) is 11.6 Å². The zero-order valence-electron chi connectivity index (χ0n) is 23.4. The molecule has 0 radical (unpaired) electrons. The molecular formula is C27H41O8PSi. The number of hydrogen-bond acceptors (Lipinski definition) is 8. The Morgan fingerprint density at radius 1 is 1.05 bits per heavy atom. The fraction of sp³-hybridized carbons (Fsp3) is 0.593. The Balaban J connectivity index is 2.42. The highest BCUT2D eigenvalue weighted by Crippen LogP contribution is 2.49. The molecule has 0 bridgehead atoms. The van der Waals surface area contributed by atoms with E-state index in [9.17, 15) is 18.9 Å². The smallest absolute Gasteiger partial charge is 0.342 e. The summed E-state index contributed by atoms with van der Waals surface area (Å²) in [7, 11) is -5.07. The summed E-state index contributed by atoms with van der Waals surface area (Å²) in [6, 6.07) is 0.949. The Morgan fingerprint density at radius 2 is 1.65 bits per heavy atom. The maximum absolute atomic E-state index is 13.2. The molecule has 10 heteroatoms. The minimum absolute atomic E-state index is 0.0627. The highest BCUT2D eigenvalue weighted by atomic mass is 31.2. The van der Waals surface area contributed by atoms with Crippen molar-refractivity contribution in [2.75, 3.05) is 26.0 Å². The third-order valence-electron chi connectivity index (χ3n) is 6.10. The summed E-state index contributed by atoms with van der Waals surface area (Å²) in [5.41, 5.74) is 5.15. The zero-order valence-corrected chi connectivity index (χ0v) is 25.3. The van der Waals surface area contributed by atoms with E-state index in [1.54, 1.807) is 6.92 Å². The molecule has 8 nitrogen and oxygen atoms in total. The Kier molecular flexibility index (Phi) is 11.1. The van der Waals surface area contributed by atoms with Gasteiger partial charge in [0, 0.05) is 19.2 Å². The number of hydrogen-bond donors (Lipinski definition) is 0. The number of rotatable bonds is 15. The van der Waals surface area contributed by atoms with Crippen molar-refractivity contribution in [1.29, 1.82) is 0 Å². The lowest BCUT2D eigenvalue weighted by atomic mass is 9.89. The quantitative estimate of drug-likeness (QED) is 0.116. The van der Waals surface area contributed by atoms with E-state index >= 15 is 0 Å². The minimum Gasteiger partial charge on any atom is -0.493 e. The number of carbonyl (C=O) groups is 3. The Bertz CT molecular complexity index is 1090. The number of benzene rings is 1. The van der Waals surface area contributed by atoms with E-state index in [0.29, 0.717) is 29.9 Å². The molecule has 37 heavy (non-hydrogen) atoms. The van der Waals surface area contributed by atoms with E-state index in [4.69, 9.17) is 18.5 Å². The van der Waals surface area contributed by atoms with Crippen LogP contribution < -0.4 is 4.74 Å². The predicted molar refractivity (Wildman–Crippen MR) is 147 cm³/mol. The summed E-state index contributed by atoms with van der Waals surface area (Å²) in [5, 5.41) is 0. The molecule has 0 amide bonds. The summed E-state index contributed by atoms with van der Waals surface area (Å²) in [5.74, 6) is -0.375. The summed E-state index contributed by atoms with van der Waals surface area (Å²) in [6.45, 7) is 15.4. The van der Waals surface area contributed by atoms with Crippen LogP contribution in [0.5, 0.6) is 5.75 Å². The topological polar surface area (TPSA) is 105 Å². The van der Waals surface area contributed by atoms with Gasteiger partial charge < -0.3 is 18.5 Å². The largest absolute Gasteiger partial charge is 0.493 e. The van der Waals surface area contributed by atoms with Crippen molar-refractivity contribution in [3.8, 4) is 5.75 Å². The summed E-state index contributed by atoms with van der Waals surface area (Å²) in [4.78, 5) is 35.5. The monoisotopic (exact) mass is 552 g/mol. The molecule has 0 unspecified atom stereocenters. The summed E-state index contributed by atoms with van der Waals surface area (Å²) >= 11 is 0. The molecule has 1 aliphatic rings. The van der Waals surface area contributed by atoms with Crippen LogP contribution in [0.25, 0.3) is 0 Å². The standard InChI is InChI=1S/C27H41O8PSi/c1-9-22-21(5)24-16-33-27(30)25(24)26(32-12-13-37(6,7)8)23(22)11-10-18(2)17-36(31,34-14-19(3)28)35-15-20(4)29/h10H,9,11-17H2,1-8H3. The molecule has 1 aromatic carbocycles. The van der Waals surface area contributed by atoms with Crippen molar-refractivity contribution in [1.82, 2.24) is 0 Å². The van der Waals surface area contributed by atoms with Crippen molar-refractivity contribution in [2.24, 2.45) is 0 Å². The van der Waals surface area contributed by atoms with Crippen LogP contribution in [0.2, 0.25) is 25.7 Å². The number of ketones is 2. The molecule has 0 aromatic heterocycles. The van der Waals surface area contributed by atoms with Gasteiger partial charge >= 0.3 is 13.6 Å². The van der Waals surface area contributed by atoms with Gasteiger partial charge in [-0.2, -0.15) is 0 Å². The average Bonchev–Trinajstić information content (AvgIpc) is 3.17. The highest BCUT2D eigenvalue weighted by Gasteiger charge is 2.32. The van der Waals surface area contributed by atoms with Crippen LogP contribution in [0, 0.1) is 6.92 Å². The molecule has 206 valence electrons. The lowest BCUT2D eigenvalue weighted by Gasteiger charge is -2.22. The number of allylic oxidation sites excluding steroid dienone is 2. The normalized spacial score (nSPS) is 13.9.